The van der Waals surface area contributed by atoms with Crippen LogP contribution in [0, 0.1) is 19.7 Å². The maximum absolute atomic E-state index is 14.7. The minimum absolute atomic E-state index is 0.0164. The molecule has 2 heterocycles. The zero-order valence-corrected chi connectivity index (χ0v) is 12.7. The maximum Gasteiger partial charge on any atom is 0.337 e. The number of aromatic carboxylic acids is 1. The van der Waals surface area contributed by atoms with Gasteiger partial charge < -0.3 is 20.7 Å². The van der Waals surface area contributed by atoms with E-state index >= 15 is 0 Å². The number of carboxylic acids is 1. The second-order valence-electron chi connectivity index (χ2n) is 6.03. The van der Waals surface area contributed by atoms with Crippen LogP contribution in [0.25, 0.3) is 10.9 Å². The highest BCUT2D eigenvalue weighted by molar-refractivity contribution is 6.08. The fourth-order valence-corrected chi connectivity index (χ4v) is 3.29. The predicted octanol–water partition coefficient (Wildman–Crippen LogP) is 2.55. The quantitative estimate of drug-likeness (QED) is 0.796. The average Bonchev–Trinajstić information content (AvgIpc) is 2.74. The number of H-pyrrole nitrogens is 1. The zero-order valence-electron chi connectivity index (χ0n) is 12.7. The van der Waals surface area contributed by atoms with Gasteiger partial charge in [-0.2, -0.15) is 0 Å². The van der Waals surface area contributed by atoms with E-state index in [1.54, 1.807) is 0 Å². The number of hydrogen-bond acceptors (Lipinski definition) is 3. The third-order valence-electron chi connectivity index (χ3n) is 4.51. The van der Waals surface area contributed by atoms with E-state index in [2.05, 4.69) is 4.98 Å². The van der Waals surface area contributed by atoms with Crippen LogP contribution >= 0.6 is 0 Å². The first-order valence-corrected chi connectivity index (χ1v) is 7.45. The number of fused-ring (bicyclic) bond motifs is 1. The van der Waals surface area contributed by atoms with Crippen molar-refractivity contribution in [2.24, 2.45) is 5.73 Å². The van der Waals surface area contributed by atoms with Gasteiger partial charge in [0.05, 0.1) is 16.8 Å². The number of benzene rings is 1. The summed E-state index contributed by atoms with van der Waals surface area (Å²) in [6.45, 7) is 5.06. The fourth-order valence-electron chi connectivity index (χ4n) is 3.29. The number of halogens is 1. The standard InChI is InChI=1S/C16H20FN3O2/c1-8-9(2)19-14-11(16(21)22)6-12(17)15(13(8)14)20-5-3-4-10(18)7-20/h6,10,19H,3-5,7,18H2,1-2H3,(H,21,22). The molecular weight excluding hydrogens is 285 g/mol. The van der Waals surface area contributed by atoms with Gasteiger partial charge >= 0.3 is 5.97 Å². The summed E-state index contributed by atoms with van der Waals surface area (Å²) in [6, 6.07) is 1.12. The molecule has 1 unspecified atom stereocenters. The number of aryl methyl sites for hydroxylation is 2. The van der Waals surface area contributed by atoms with Crippen LogP contribution < -0.4 is 10.6 Å². The molecule has 1 aromatic heterocycles. The molecular formula is C16H20FN3O2. The first-order chi connectivity index (χ1) is 10.4. The van der Waals surface area contributed by atoms with Crippen LogP contribution in [0.5, 0.6) is 0 Å². The van der Waals surface area contributed by atoms with Crippen molar-refractivity contribution in [3.63, 3.8) is 0 Å². The number of piperidine rings is 1. The SMILES string of the molecule is Cc1[nH]c2c(C(=O)O)cc(F)c(N3CCCC(N)C3)c2c1C. The first-order valence-electron chi connectivity index (χ1n) is 7.45. The summed E-state index contributed by atoms with van der Waals surface area (Å²) in [5, 5.41) is 9.99. The van der Waals surface area contributed by atoms with Crippen LogP contribution in [-0.4, -0.2) is 35.2 Å². The Balaban J connectivity index is 2.28. The highest BCUT2D eigenvalue weighted by atomic mass is 19.1. The van der Waals surface area contributed by atoms with E-state index in [4.69, 9.17) is 5.73 Å². The van der Waals surface area contributed by atoms with Crippen LogP contribution in [-0.2, 0) is 0 Å². The molecule has 5 nitrogen and oxygen atoms in total. The summed E-state index contributed by atoms with van der Waals surface area (Å²) in [7, 11) is 0. The summed E-state index contributed by atoms with van der Waals surface area (Å²) in [5.41, 5.74) is 8.67. The van der Waals surface area contributed by atoms with Crippen molar-refractivity contribution in [3.8, 4) is 0 Å². The van der Waals surface area contributed by atoms with Gasteiger partial charge in [0.25, 0.3) is 0 Å². The lowest BCUT2D eigenvalue weighted by molar-refractivity contribution is 0.0698. The Labute approximate surface area is 127 Å². The molecule has 1 atom stereocenters. The summed E-state index contributed by atoms with van der Waals surface area (Å²) < 4.78 is 14.7. The van der Waals surface area contributed by atoms with Gasteiger partial charge in [-0.3, -0.25) is 0 Å². The molecule has 0 radical (unpaired) electrons. The van der Waals surface area contributed by atoms with Crippen molar-refractivity contribution in [1.29, 1.82) is 0 Å². The molecule has 118 valence electrons. The Morgan fingerprint density at radius 3 is 2.86 bits per heavy atom. The van der Waals surface area contributed by atoms with Crippen molar-refractivity contribution in [2.45, 2.75) is 32.7 Å². The molecule has 0 spiro atoms. The van der Waals surface area contributed by atoms with Gasteiger partial charge in [0.1, 0.15) is 5.82 Å². The van der Waals surface area contributed by atoms with Gasteiger partial charge in [-0.1, -0.05) is 0 Å². The topological polar surface area (TPSA) is 82.4 Å². The predicted molar refractivity (Wildman–Crippen MR) is 84.1 cm³/mol. The number of aromatic nitrogens is 1. The molecule has 1 aliphatic rings. The van der Waals surface area contributed by atoms with E-state index in [-0.39, 0.29) is 11.6 Å². The lowest BCUT2D eigenvalue weighted by Gasteiger charge is -2.33. The van der Waals surface area contributed by atoms with E-state index in [1.807, 2.05) is 18.7 Å². The number of aromatic amines is 1. The van der Waals surface area contributed by atoms with Crippen molar-refractivity contribution in [2.75, 3.05) is 18.0 Å². The summed E-state index contributed by atoms with van der Waals surface area (Å²) in [4.78, 5) is 16.4. The van der Waals surface area contributed by atoms with E-state index in [9.17, 15) is 14.3 Å². The molecule has 3 rings (SSSR count). The molecule has 0 bridgehead atoms. The van der Waals surface area contributed by atoms with Crippen molar-refractivity contribution in [1.82, 2.24) is 4.98 Å². The fraction of sp³-hybridized carbons (Fsp3) is 0.438. The van der Waals surface area contributed by atoms with Crippen molar-refractivity contribution >= 4 is 22.6 Å². The highest BCUT2D eigenvalue weighted by Gasteiger charge is 2.26. The van der Waals surface area contributed by atoms with E-state index < -0.39 is 11.8 Å². The highest BCUT2D eigenvalue weighted by Crippen LogP contribution is 2.37. The molecule has 6 heteroatoms. The number of nitrogens with one attached hydrogen (secondary N) is 1. The van der Waals surface area contributed by atoms with Gasteiger partial charge in [0, 0.05) is 30.2 Å². The van der Waals surface area contributed by atoms with Crippen LogP contribution in [0.15, 0.2) is 6.07 Å². The minimum Gasteiger partial charge on any atom is -0.478 e. The van der Waals surface area contributed by atoms with Gasteiger partial charge in [-0.05, 0) is 38.3 Å². The number of carbonyl (C=O) groups is 1. The van der Waals surface area contributed by atoms with E-state index in [1.165, 1.54) is 0 Å². The molecule has 1 saturated heterocycles. The average molecular weight is 305 g/mol. The van der Waals surface area contributed by atoms with Gasteiger partial charge in [0.2, 0.25) is 0 Å². The number of carboxylic acid groups (broad SMARTS) is 1. The smallest absolute Gasteiger partial charge is 0.337 e. The summed E-state index contributed by atoms with van der Waals surface area (Å²) >= 11 is 0. The monoisotopic (exact) mass is 305 g/mol. The van der Waals surface area contributed by atoms with Crippen molar-refractivity contribution < 1.29 is 14.3 Å². The number of anilines is 1. The van der Waals surface area contributed by atoms with Crippen LogP contribution in [0.4, 0.5) is 10.1 Å². The normalized spacial score (nSPS) is 18.9. The van der Waals surface area contributed by atoms with Gasteiger partial charge in [0.15, 0.2) is 0 Å². The molecule has 0 saturated carbocycles. The lowest BCUT2D eigenvalue weighted by Crippen LogP contribution is -2.43. The summed E-state index contributed by atoms with van der Waals surface area (Å²) in [6.07, 6.45) is 1.84. The molecule has 22 heavy (non-hydrogen) atoms. The lowest BCUT2D eigenvalue weighted by atomic mass is 10.0. The molecule has 0 amide bonds. The first kappa shape index (κ1) is 14.8. The van der Waals surface area contributed by atoms with Crippen LogP contribution in [0.2, 0.25) is 0 Å². The van der Waals surface area contributed by atoms with Crippen molar-refractivity contribution in [3.05, 3.63) is 28.7 Å². The Morgan fingerprint density at radius 1 is 1.50 bits per heavy atom. The van der Waals surface area contributed by atoms with Gasteiger partial charge in [-0.25, -0.2) is 9.18 Å². The van der Waals surface area contributed by atoms with Gasteiger partial charge in [-0.15, -0.1) is 0 Å². The van der Waals surface area contributed by atoms with Crippen LogP contribution in [0.3, 0.4) is 0 Å². The second kappa shape index (κ2) is 5.28. The summed E-state index contributed by atoms with van der Waals surface area (Å²) in [5.74, 6) is -1.63. The minimum atomic E-state index is -1.13. The third-order valence-corrected chi connectivity index (χ3v) is 4.51. The molecule has 2 aromatic rings. The Morgan fingerprint density at radius 2 is 2.23 bits per heavy atom. The van der Waals surface area contributed by atoms with E-state index in [0.717, 1.165) is 36.7 Å². The Bertz CT molecular complexity index is 754. The van der Waals surface area contributed by atoms with E-state index in [0.29, 0.717) is 23.1 Å². The number of hydrogen-bond donors (Lipinski definition) is 3. The second-order valence-corrected chi connectivity index (χ2v) is 6.03. The largest absolute Gasteiger partial charge is 0.478 e. The van der Waals surface area contributed by atoms with Crippen LogP contribution in [0.1, 0.15) is 34.5 Å². The number of nitrogens with two attached hydrogens (primary N) is 1. The third kappa shape index (κ3) is 2.23. The maximum atomic E-state index is 14.7. The number of nitrogens with zero attached hydrogens (tertiary/aromatic N) is 1. The molecule has 1 aliphatic heterocycles. The molecule has 4 N–H and O–H groups in total. The number of rotatable bonds is 2. The molecule has 1 fully saturated rings. The zero-order chi connectivity index (χ0) is 16.0. The molecule has 1 aromatic carbocycles. The Kier molecular flexibility index (Phi) is 3.56. The molecule has 0 aliphatic carbocycles. The Hall–Kier alpha value is -2.08.